The average Bonchev–Trinajstić information content (AvgIpc) is 2.98. The molecular formula is C21H25N3O3. The Balaban J connectivity index is 1.52. The number of hydrogen-bond acceptors (Lipinski definition) is 4. The lowest BCUT2D eigenvalue weighted by Gasteiger charge is -2.22. The maximum Gasteiger partial charge on any atom is 0.255 e. The molecule has 1 aliphatic heterocycles. The molecule has 3 rings (SSSR count). The molecule has 1 fully saturated rings. The van der Waals surface area contributed by atoms with Crippen LogP contribution in [0.15, 0.2) is 48.8 Å². The smallest absolute Gasteiger partial charge is 0.255 e. The van der Waals surface area contributed by atoms with Crippen molar-refractivity contribution in [3.8, 4) is 5.75 Å². The fourth-order valence-electron chi connectivity index (χ4n) is 3.28. The van der Waals surface area contributed by atoms with Crippen LogP contribution in [0, 0.1) is 0 Å². The molecule has 2 heterocycles. The minimum absolute atomic E-state index is 0.0196. The number of benzene rings is 1. The van der Waals surface area contributed by atoms with E-state index in [2.05, 4.69) is 4.98 Å². The van der Waals surface area contributed by atoms with Gasteiger partial charge in [0.05, 0.1) is 12.7 Å². The Kier molecular flexibility index (Phi) is 6.41. The zero-order valence-corrected chi connectivity index (χ0v) is 15.6. The third kappa shape index (κ3) is 5.06. The van der Waals surface area contributed by atoms with E-state index in [0.717, 1.165) is 17.7 Å². The summed E-state index contributed by atoms with van der Waals surface area (Å²) in [7, 11) is 1.64. The highest BCUT2D eigenvalue weighted by molar-refractivity contribution is 5.94. The van der Waals surface area contributed by atoms with Gasteiger partial charge >= 0.3 is 0 Å². The SMILES string of the molecule is COc1cccc(CCC(=O)N2CCCN(C(=O)c3cccnc3)CC2)c1. The minimum Gasteiger partial charge on any atom is -0.497 e. The Bertz CT molecular complexity index is 779. The van der Waals surface area contributed by atoms with E-state index in [9.17, 15) is 9.59 Å². The molecule has 0 saturated carbocycles. The van der Waals surface area contributed by atoms with Gasteiger partial charge in [-0.3, -0.25) is 14.6 Å². The zero-order valence-electron chi connectivity index (χ0n) is 15.6. The third-order valence-corrected chi connectivity index (χ3v) is 4.81. The maximum atomic E-state index is 12.6. The van der Waals surface area contributed by atoms with Gasteiger partial charge in [-0.25, -0.2) is 0 Å². The summed E-state index contributed by atoms with van der Waals surface area (Å²) < 4.78 is 5.23. The predicted molar refractivity (Wildman–Crippen MR) is 103 cm³/mol. The molecular weight excluding hydrogens is 342 g/mol. The molecule has 0 aliphatic carbocycles. The van der Waals surface area contributed by atoms with E-state index < -0.39 is 0 Å². The molecule has 1 aliphatic rings. The quantitative estimate of drug-likeness (QED) is 0.814. The molecule has 0 atom stereocenters. The van der Waals surface area contributed by atoms with Crippen LogP contribution in [0.1, 0.15) is 28.8 Å². The summed E-state index contributed by atoms with van der Waals surface area (Å²) in [6, 6.07) is 11.3. The number of aromatic nitrogens is 1. The average molecular weight is 367 g/mol. The second-order valence-electron chi connectivity index (χ2n) is 6.62. The molecule has 1 aromatic heterocycles. The summed E-state index contributed by atoms with van der Waals surface area (Å²) in [6.07, 6.45) is 5.18. The Morgan fingerprint density at radius 1 is 1.07 bits per heavy atom. The monoisotopic (exact) mass is 367 g/mol. The van der Waals surface area contributed by atoms with E-state index in [-0.39, 0.29) is 11.8 Å². The second-order valence-corrected chi connectivity index (χ2v) is 6.62. The highest BCUT2D eigenvalue weighted by atomic mass is 16.5. The van der Waals surface area contributed by atoms with Gasteiger partial charge in [0, 0.05) is 45.0 Å². The number of carbonyl (C=O) groups is 2. The van der Waals surface area contributed by atoms with E-state index in [0.29, 0.717) is 44.6 Å². The number of aryl methyl sites for hydroxylation is 1. The lowest BCUT2D eigenvalue weighted by Crippen LogP contribution is -2.37. The van der Waals surface area contributed by atoms with Crippen molar-refractivity contribution in [3.63, 3.8) is 0 Å². The topological polar surface area (TPSA) is 62.7 Å². The van der Waals surface area contributed by atoms with Gasteiger partial charge in [0.2, 0.25) is 5.91 Å². The van der Waals surface area contributed by atoms with Gasteiger partial charge in [0.15, 0.2) is 0 Å². The summed E-state index contributed by atoms with van der Waals surface area (Å²) in [6.45, 7) is 2.47. The van der Waals surface area contributed by atoms with Crippen LogP contribution in [-0.4, -0.2) is 59.9 Å². The van der Waals surface area contributed by atoms with Crippen molar-refractivity contribution < 1.29 is 14.3 Å². The Labute approximate surface area is 159 Å². The van der Waals surface area contributed by atoms with Crippen molar-refractivity contribution in [2.75, 3.05) is 33.3 Å². The largest absolute Gasteiger partial charge is 0.497 e. The first kappa shape index (κ1) is 18.9. The summed E-state index contributed by atoms with van der Waals surface area (Å²) in [5, 5.41) is 0. The number of ether oxygens (including phenoxy) is 1. The van der Waals surface area contributed by atoms with Crippen LogP contribution >= 0.6 is 0 Å². The van der Waals surface area contributed by atoms with Crippen LogP contribution in [0.5, 0.6) is 5.75 Å². The number of carbonyl (C=O) groups excluding carboxylic acids is 2. The molecule has 1 saturated heterocycles. The van der Waals surface area contributed by atoms with Crippen molar-refractivity contribution >= 4 is 11.8 Å². The fourth-order valence-corrected chi connectivity index (χ4v) is 3.28. The molecule has 1 aromatic carbocycles. The second kappa shape index (κ2) is 9.16. The molecule has 0 N–H and O–H groups in total. The normalized spacial score (nSPS) is 14.6. The number of rotatable bonds is 5. The van der Waals surface area contributed by atoms with Gasteiger partial charge < -0.3 is 14.5 Å². The number of hydrogen-bond donors (Lipinski definition) is 0. The predicted octanol–water partition coefficient (Wildman–Crippen LogP) is 2.40. The first-order valence-corrected chi connectivity index (χ1v) is 9.27. The standard InChI is InChI=1S/C21H25N3O3/c1-27-19-7-2-5-17(15-19)8-9-20(25)23-11-4-12-24(14-13-23)21(26)18-6-3-10-22-16-18/h2-3,5-7,10,15-16H,4,8-9,11-14H2,1H3. The molecule has 2 amide bonds. The maximum absolute atomic E-state index is 12.6. The van der Waals surface area contributed by atoms with Crippen LogP contribution in [0.25, 0.3) is 0 Å². The molecule has 0 bridgehead atoms. The zero-order chi connectivity index (χ0) is 19.1. The van der Waals surface area contributed by atoms with E-state index in [1.54, 1.807) is 31.6 Å². The highest BCUT2D eigenvalue weighted by Crippen LogP contribution is 2.15. The van der Waals surface area contributed by atoms with Gasteiger partial charge in [-0.1, -0.05) is 12.1 Å². The van der Waals surface area contributed by atoms with Gasteiger partial charge in [0.1, 0.15) is 5.75 Å². The summed E-state index contributed by atoms with van der Waals surface area (Å²) >= 11 is 0. The van der Waals surface area contributed by atoms with Crippen molar-refractivity contribution in [1.29, 1.82) is 0 Å². The van der Waals surface area contributed by atoms with Gasteiger partial charge in [-0.05, 0) is 42.7 Å². The molecule has 0 spiro atoms. The third-order valence-electron chi connectivity index (χ3n) is 4.81. The number of amides is 2. The van der Waals surface area contributed by atoms with E-state index in [1.165, 1.54) is 0 Å². The van der Waals surface area contributed by atoms with Crippen molar-refractivity contribution in [2.45, 2.75) is 19.3 Å². The lowest BCUT2D eigenvalue weighted by atomic mass is 10.1. The van der Waals surface area contributed by atoms with E-state index in [1.807, 2.05) is 34.1 Å². The van der Waals surface area contributed by atoms with E-state index >= 15 is 0 Å². The fraction of sp³-hybridized carbons (Fsp3) is 0.381. The van der Waals surface area contributed by atoms with E-state index in [4.69, 9.17) is 4.74 Å². The summed E-state index contributed by atoms with van der Waals surface area (Å²) in [5.74, 6) is 0.918. The van der Waals surface area contributed by atoms with Crippen molar-refractivity contribution in [1.82, 2.24) is 14.8 Å². The minimum atomic E-state index is -0.0196. The Morgan fingerprint density at radius 3 is 2.67 bits per heavy atom. The van der Waals surface area contributed by atoms with Gasteiger partial charge in [-0.2, -0.15) is 0 Å². The molecule has 6 heteroatoms. The molecule has 142 valence electrons. The molecule has 0 unspecified atom stereocenters. The van der Waals surface area contributed by atoms with Gasteiger partial charge in [-0.15, -0.1) is 0 Å². The number of nitrogens with zero attached hydrogens (tertiary/aromatic N) is 3. The van der Waals surface area contributed by atoms with Gasteiger partial charge in [0.25, 0.3) is 5.91 Å². The molecule has 6 nitrogen and oxygen atoms in total. The number of methoxy groups -OCH3 is 1. The summed E-state index contributed by atoms with van der Waals surface area (Å²) in [5.41, 5.74) is 1.68. The van der Waals surface area contributed by atoms with Crippen LogP contribution in [0.3, 0.4) is 0 Å². The summed E-state index contributed by atoms with van der Waals surface area (Å²) in [4.78, 5) is 32.9. The van der Waals surface area contributed by atoms with Crippen LogP contribution in [-0.2, 0) is 11.2 Å². The molecule has 2 aromatic rings. The lowest BCUT2D eigenvalue weighted by molar-refractivity contribution is -0.131. The van der Waals surface area contributed by atoms with Crippen LogP contribution < -0.4 is 4.74 Å². The van der Waals surface area contributed by atoms with Crippen LogP contribution in [0.4, 0.5) is 0 Å². The highest BCUT2D eigenvalue weighted by Gasteiger charge is 2.22. The van der Waals surface area contributed by atoms with Crippen LogP contribution in [0.2, 0.25) is 0 Å². The first-order chi connectivity index (χ1) is 13.2. The molecule has 27 heavy (non-hydrogen) atoms. The first-order valence-electron chi connectivity index (χ1n) is 9.27. The Morgan fingerprint density at radius 2 is 1.89 bits per heavy atom. The van der Waals surface area contributed by atoms with Crippen molar-refractivity contribution in [3.05, 3.63) is 59.9 Å². The Hall–Kier alpha value is -2.89. The number of pyridine rings is 1. The molecule has 0 radical (unpaired) electrons. The van der Waals surface area contributed by atoms with Crippen molar-refractivity contribution in [2.24, 2.45) is 0 Å².